The van der Waals surface area contributed by atoms with Crippen molar-refractivity contribution in [2.24, 2.45) is 0 Å². The van der Waals surface area contributed by atoms with E-state index in [1.165, 1.54) is 13.2 Å². The van der Waals surface area contributed by atoms with E-state index in [4.69, 9.17) is 4.74 Å². The fourth-order valence-corrected chi connectivity index (χ4v) is 2.24. The van der Waals surface area contributed by atoms with Crippen LogP contribution in [0.3, 0.4) is 0 Å². The van der Waals surface area contributed by atoms with Crippen molar-refractivity contribution in [2.45, 2.75) is 19.9 Å². The average molecular weight is 293 g/mol. The van der Waals surface area contributed by atoms with E-state index in [0.717, 1.165) is 0 Å². The highest BCUT2D eigenvalue weighted by Gasteiger charge is 2.24. The molecule has 0 radical (unpaired) electrons. The number of hydrogen-bond donors (Lipinski definition) is 1. The van der Waals surface area contributed by atoms with E-state index in [2.05, 4.69) is 5.32 Å². The zero-order chi connectivity index (χ0) is 15.4. The first kappa shape index (κ1) is 15.1. The molecule has 0 bridgehead atoms. The molecule has 0 saturated carbocycles. The molecule has 1 N–H and O–H groups in total. The number of rotatable bonds is 5. The Kier molecular flexibility index (Phi) is 4.62. The standard InChI is InChI=1S/C14H19N3O4/c1-3-13(19)15-4-5-16-6-7-17-9-12(21-2)11(18)8-10(17)14(16)20/h8-9H,3-7H2,1-2H3,(H,15,19). The number of pyridine rings is 1. The van der Waals surface area contributed by atoms with E-state index in [1.54, 1.807) is 22.6 Å². The molecule has 7 heteroatoms. The molecule has 0 saturated heterocycles. The largest absolute Gasteiger partial charge is 0.491 e. The van der Waals surface area contributed by atoms with Gasteiger partial charge in [-0.1, -0.05) is 6.92 Å². The van der Waals surface area contributed by atoms with Gasteiger partial charge in [0.15, 0.2) is 5.75 Å². The second kappa shape index (κ2) is 6.43. The summed E-state index contributed by atoms with van der Waals surface area (Å²) in [7, 11) is 1.43. The minimum absolute atomic E-state index is 0.0409. The summed E-state index contributed by atoms with van der Waals surface area (Å²) >= 11 is 0. The van der Waals surface area contributed by atoms with Crippen LogP contribution in [0.15, 0.2) is 17.1 Å². The Hall–Kier alpha value is -2.31. The molecule has 114 valence electrons. The van der Waals surface area contributed by atoms with E-state index in [0.29, 0.717) is 38.3 Å². The molecule has 0 atom stereocenters. The summed E-state index contributed by atoms with van der Waals surface area (Å²) < 4.78 is 6.70. The lowest BCUT2D eigenvalue weighted by Crippen LogP contribution is -2.45. The number of nitrogens with one attached hydrogen (secondary N) is 1. The molecule has 7 nitrogen and oxygen atoms in total. The van der Waals surface area contributed by atoms with Crippen LogP contribution in [-0.4, -0.2) is 48.0 Å². The minimum atomic E-state index is -0.307. The number of carbonyl (C=O) groups is 2. The Morgan fingerprint density at radius 1 is 1.38 bits per heavy atom. The van der Waals surface area contributed by atoms with Crippen LogP contribution >= 0.6 is 0 Å². The summed E-state index contributed by atoms with van der Waals surface area (Å²) in [5.74, 6) is -0.0113. The maximum Gasteiger partial charge on any atom is 0.270 e. The molecule has 1 aliphatic rings. The normalized spacial score (nSPS) is 13.8. The molecule has 0 aromatic carbocycles. The van der Waals surface area contributed by atoms with E-state index in [9.17, 15) is 14.4 Å². The molecule has 0 aliphatic carbocycles. The lowest BCUT2D eigenvalue weighted by Gasteiger charge is -2.30. The third-order valence-corrected chi connectivity index (χ3v) is 3.46. The van der Waals surface area contributed by atoms with Crippen LogP contribution < -0.4 is 15.5 Å². The van der Waals surface area contributed by atoms with Gasteiger partial charge in [-0.05, 0) is 0 Å². The molecular formula is C14H19N3O4. The lowest BCUT2D eigenvalue weighted by atomic mass is 10.2. The van der Waals surface area contributed by atoms with Crippen molar-refractivity contribution in [3.05, 3.63) is 28.2 Å². The third-order valence-electron chi connectivity index (χ3n) is 3.46. The SMILES string of the molecule is CCC(=O)NCCN1CCn2cc(OC)c(=O)cc2C1=O. The van der Waals surface area contributed by atoms with E-state index in [1.807, 2.05) is 0 Å². The van der Waals surface area contributed by atoms with Crippen molar-refractivity contribution in [1.29, 1.82) is 0 Å². The van der Waals surface area contributed by atoms with Gasteiger partial charge in [-0.25, -0.2) is 0 Å². The first-order valence-corrected chi connectivity index (χ1v) is 6.91. The lowest BCUT2D eigenvalue weighted by molar-refractivity contribution is -0.120. The van der Waals surface area contributed by atoms with Gasteiger partial charge in [0.2, 0.25) is 11.3 Å². The maximum absolute atomic E-state index is 12.3. The number of aromatic nitrogens is 1. The molecular weight excluding hydrogens is 274 g/mol. The zero-order valence-electron chi connectivity index (χ0n) is 12.2. The van der Waals surface area contributed by atoms with Crippen LogP contribution in [0.5, 0.6) is 5.75 Å². The van der Waals surface area contributed by atoms with Gasteiger partial charge in [-0.3, -0.25) is 14.4 Å². The van der Waals surface area contributed by atoms with Crippen molar-refractivity contribution >= 4 is 11.8 Å². The number of ether oxygens (including phenoxy) is 1. The second-order valence-electron chi connectivity index (χ2n) is 4.78. The summed E-state index contributed by atoms with van der Waals surface area (Å²) in [5.41, 5.74) is 0.0482. The van der Waals surface area contributed by atoms with Crippen LogP contribution in [0, 0.1) is 0 Å². The van der Waals surface area contributed by atoms with Crippen LogP contribution in [0.1, 0.15) is 23.8 Å². The van der Waals surface area contributed by atoms with Gasteiger partial charge in [0.05, 0.1) is 13.3 Å². The van der Waals surface area contributed by atoms with E-state index >= 15 is 0 Å². The molecule has 1 aromatic heterocycles. The zero-order valence-corrected chi connectivity index (χ0v) is 12.2. The van der Waals surface area contributed by atoms with Gasteiger partial charge in [0, 0.05) is 38.7 Å². The van der Waals surface area contributed by atoms with Gasteiger partial charge in [0.25, 0.3) is 5.91 Å². The summed E-state index contributed by atoms with van der Waals surface area (Å²) in [4.78, 5) is 36.9. The molecule has 0 fully saturated rings. The van der Waals surface area contributed by atoms with Gasteiger partial charge < -0.3 is 19.5 Å². The minimum Gasteiger partial charge on any atom is -0.491 e. The van der Waals surface area contributed by atoms with Crippen LogP contribution in [0.2, 0.25) is 0 Å². The van der Waals surface area contributed by atoms with E-state index in [-0.39, 0.29) is 23.0 Å². The Balaban J connectivity index is 2.08. The second-order valence-corrected chi connectivity index (χ2v) is 4.78. The van der Waals surface area contributed by atoms with Crippen molar-refractivity contribution < 1.29 is 14.3 Å². The van der Waals surface area contributed by atoms with Gasteiger partial charge in [-0.15, -0.1) is 0 Å². The van der Waals surface area contributed by atoms with Crippen molar-refractivity contribution in [3.63, 3.8) is 0 Å². The average Bonchev–Trinajstić information content (AvgIpc) is 2.49. The van der Waals surface area contributed by atoms with Crippen LogP contribution in [0.25, 0.3) is 0 Å². The molecule has 1 aliphatic heterocycles. The van der Waals surface area contributed by atoms with Crippen LogP contribution in [0.4, 0.5) is 0 Å². The Bertz CT molecular complexity index is 609. The maximum atomic E-state index is 12.3. The summed E-state index contributed by atoms with van der Waals surface area (Å²) in [6, 6.07) is 1.30. The van der Waals surface area contributed by atoms with Crippen molar-refractivity contribution in [3.8, 4) is 5.75 Å². The Morgan fingerprint density at radius 3 is 2.81 bits per heavy atom. The third kappa shape index (κ3) is 3.24. The van der Waals surface area contributed by atoms with Crippen molar-refractivity contribution in [2.75, 3.05) is 26.7 Å². The highest BCUT2D eigenvalue weighted by molar-refractivity contribution is 5.93. The first-order chi connectivity index (χ1) is 10.1. The topological polar surface area (TPSA) is 80.6 Å². The molecule has 2 heterocycles. The fourth-order valence-electron chi connectivity index (χ4n) is 2.24. The fraction of sp³-hybridized carbons (Fsp3) is 0.500. The number of methoxy groups -OCH3 is 1. The number of hydrogen-bond acceptors (Lipinski definition) is 4. The molecule has 2 rings (SSSR count). The van der Waals surface area contributed by atoms with Gasteiger partial charge in [-0.2, -0.15) is 0 Å². The monoisotopic (exact) mass is 293 g/mol. The Labute approximate surface area is 122 Å². The predicted molar refractivity (Wildman–Crippen MR) is 76.5 cm³/mol. The van der Waals surface area contributed by atoms with Gasteiger partial charge >= 0.3 is 0 Å². The quantitative estimate of drug-likeness (QED) is 0.818. The first-order valence-electron chi connectivity index (χ1n) is 6.91. The highest BCUT2D eigenvalue weighted by atomic mass is 16.5. The number of carbonyl (C=O) groups excluding carboxylic acids is 2. The molecule has 2 amide bonds. The van der Waals surface area contributed by atoms with Crippen molar-refractivity contribution in [1.82, 2.24) is 14.8 Å². The molecule has 21 heavy (non-hydrogen) atoms. The predicted octanol–water partition coefficient (Wildman–Crippen LogP) is -0.161. The Morgan fingerprint density at radius 2 is 2.14 bits per heavy atom. The smallest absolute Gasteiger partial charge is 0.270 e. The summed E-state index contributed by atoms with van der Waals surface area (Å²) in [6.07, 6.45) is 1.98. The van der Waals surface area contributed by atoms with Gasteiger partial charge in [0.1, 0.15) is 5.69 Å². The van der Waals surface area contributed by atoms with E-state index < -0.39 is 0 Å². The molecule has 1 aromatic rings. The molecule has 0 spiro atoms. The van der Waals surface area contributed by atoms with Crippen LogP contribution in [-0.2, 0) is 11.3 Å². The summed E-state index contributed by atoms with van der Waals surface area (Å²) in [6.45, 7) is 3.76. The number of nitrogens with zero attached hydrogens (tertiary/aromatic N) is 2. The highest BCUT2D eigenvalue weighted by Crippen LogP contribution is 2.13. The molecule has 0 unspecified atom stereocenters. The number of fused-ring (bicyclic) bond motifs is 1. The number of amides is 2. The summed E-state index contributed by atoms with van der Waals surface area (Å²) in [5, 5.41) is 2.73.